The second kappa shape index (κ2) is 34.2. The largest absolute Gasteiger partial charge is 0.512 e. The second-order valence-electron chi connectivity index (χ2n) is 0. The fourth-order valence-electron chi connectivity index (χ4n) is 0. The van der Waals surface area contributed by atoms with Crippen LogP contribution >= 0.6 is 0 Å². The fourth-order valence-corrected chi connectivity index (χ4v) is 0. The summed E-state index contributed by atoms with van der Waals surface area (Å²) in [7, 11) is 0. The van der Waals surface area contributed by atoms with Crippen molar-refractivity contribution in [2.24, 2.45) is 0 Å². The molecular weight excluding hydrogens is 292 g/mol. The maximum Gasteiger partial charge on any atom is 0 e. The van der Waals surface area contributed by atoms with Gasteiger partial charge in [0.1, 0.15) is 0 Å². The van der Waals surface area contributed by atoms with Crippen LogP contribution < -0.4 is 0 Å². The van der Waals surface area contributed by atoms with Gasteiger partial charge in [-0.1, -0.05) is 0 Å². The van der Waals surface area contributed by atoms with E-state index in [9.17, 15) is 0 Å². The Bertz CT molecular complexity index is 12.8. The SMILES string of the molecule is [C-]#N.[Hg].[Zn]. The molecule has 0 rings (SSSR count). The summed E-state index contributed by atoms with van der Waals surface area (Å²) in [6.07, 6.45) is 0. The molecule has 3 heteroatoms. The molecule has 0 atom stereocenters. The van der Waals surface area contributed by atoms with E-state index in [-0.39, 0.29) is 47.1 Å². The Balaban J connectivity index is -0.00000000500. The molecule has 0 aliphatic heterocycles. The average molecular weight is 292 g/mol. The van der Waals surface area contributed by atoms with Crippen molar-refractivity contribution in [3.05, 3.63) is 6.57 Å². The molecule has 0 N–H and O–H groups in total. The standard InChI is InChI=1S/CN.Hg.Zn/c1-2;;/q-1;;. The molecule has 0 aromatic rings. The molecule has 0 radical (unpaired) electrons. The summed E-state index contributed by atoms with van der Waals surface area (Å²) in [6, 6.07) is 0. The smallest absolute Gasteiger partial charge is 0 e. The number of nitrogens with zero attached hydrogens (tertiary/aromatic N) is 1. The molecule has 0 aromatic carbocycles. The first-order valence-electron chi connectivity index (χ1n) is 0.224. The van der Waals surface area contributed by atoms with Crippen LogP contribution in [0.4, 0.5) is 0 Å². The van der Waals surface area contributed by atoms with Gasteiger partial charge in [-0.2, -0.15) is 0 Å². The molecule has 1 nitrogen and oxygen atoms in total. The third kappa shape index (κ3) is 11.6. The first-order chi connectivity index (χ1) is 1.00. The zero-order valence-corrected chi connectivity index (χ0v) is 10.8. The van der Waals surface area contributed by atoms with E-state index in [0.717, 1.165) is 0 Å². The van der Waals surface area contributed by atoms with E-state index >= 15 is 0 Å². The third-order valence-corrected chi connectivity index (χ3v) is 0. The van der Waals surface area contributed by atoms with Crippen LogP contribution in [0.15, 0.2) is 0 Å². The summed E-state index contributed by atoms with van der Waals surface area (Å²) in [5, 5.41) is 6.25. The van der Waals surface area contributed by atoms with Crippen molar-refractivity contribution in [1.82, 2.24) is 0 Å². The van der Waals surface area contributed by atoms with E-state index in [1.165, 1.54) is 0 Å². The molecule has 0 saturated heterocycles. The van der Waals surface area contributed by atoms with Gasteiger partial charge >= 0.3 is 0 Å². The Morgan fingerprint density at radius 2 is 1.25 bits per heavy atom. The van der Waals surface area contributed by atoms with Crippen LogP contribution in [-0.4, -0.2) is 0 Å². The molecule has 0 unspecified atom stereocenters. The van der Waals surface area contributed by atoms with Crippen LogP contribution in [0.25, 0.3) is 0 Å². The minimum Gasteiger partial charge on any atom is -0.512 e. The first kappa shape index (κ1) is 19.7. The summed E-state index contributed by atoms with van der Waals surface area (Å²) in [5.41, 5.74) is 0. The molecule has 0 heterocycles. The van der Waals surface area contributed by atoms with Gasteiger partial charge in [0.2, 0.25) is 0 Å². The van der Waals surface area contributed by atoms with Gasteiger partial charge in [-0.25, -0.2) is 0 Å². The summed E-state index contributed by atoms with van der Waals surface area (Å²) in [5.74, 6) is 0. The maximum absolute atomic E-state index is 6.25. The van der Waals surface area contributed by atoms with Crippen molar-refractivity contribution < 1.29 is 47.1 Å². The Labute approximate surface area is 58.6 Å². The van der Waals surface area contributed by atoms with Crippen molar-refractivity contribution in [1.29, 1.82) is 5.26 Å². The molecule has 0 aliphatic rings. The number of hydrogen-bond acceptors (Lipinski definition) is 1. The molecule has 0 bridgehead atoms. The van der Waals surface area contributed by atoms with Gasteiger partial charge in [-0.15, -0.1) is 0 Å². The van der Waals surface area contributed by atoms with Gasteiger partial charge in [0.25, 0.3) is 0 Å². The predicted octanol–water partition coefficient (Wildman–Crippen LogP) is 0.0914. The van der Waals surface area contributed by atoms with Gasteiger partial charge in [0.15, 0.2) is 0 Å². The molecule has 0 amide bonds. The Kier molecular flexibility index (Phi) is 169. The van der Waals surface area contributed by atoms with Crippen molar-refractivity contribution in [3.8, 4) is 0 Å². The maximum atomic E-state index is 6.25. The van der Waals surface area contributed by atoms with E-state index in [1.54, 1.807) is 0 Å². The van der Waals surface area contributed by atoms with Gasteiger partial charge < -0.3 is 11.8 Å². The third-order valence-electron chi connectivity index (χ3n) is 0. The summed E-state index contributed by atoms with van der Waals surface area (Å²) in [4.78, 5) is 0. The van der Waals surface area contributed by atoms with Gasteiger partial charge in [0.05, 0.1) is 0 Å². The van der Waals surface area contributed by atoms with E-state index in [4.69, 9.17) is 11.8 Å². The monoisotopic (exact) mass is 292 g/mol. The zero-order chi connectivity index (χ0) is 2.00. The van der Waals surface area contributed by atoms with Crippen molar-refractivity contribution >= 4 is 0 Å². The van der Waals surface area contributed by atoms with Crippen LogP contribution in [0.3, 0.4) is 0 Å². The molecular formula is CHgNZn-. The molecule has 0 saturated carbocycles. The van der Waals surface area contributed by atoms with Crippen molar-refractivity contribution in [2.75, 3.05) is 0 Å². The number of rotatable bonds is 0. The second-order valence-corrected chi connectivity index (χ2v) is 0. The topological polar surface area (TPSA) is 23.8 Å². The molecule has 0 aromatic heterocycles. The fraction of sp³-hybridized carbons (Fsp3) is 0. The molecule has 4 heavy (non-hydrogen) atoms. The van der Waals surface area contributed by atoms with Crippen LogP contribution in [0, 0.1) is 11.8 Å². The molecule has 0 aliphatic carbocycles. The van der Waals surface area contributed by atoms with E-state index in [2.05, 4.69) is 0 Å². The van der Waals surface area contributed by atoms with Crippen molar-refractivity contribution in [2.45, 2.75) is 0 Å². The van der Waals surface area contributed by atoms with Crippen LogP contribution in [-0.2, 0) is 47.1 Å². The Hall–Kier alpha value is 1.05. The minimum absolute atomic E-state index is 0. The first-order valence-corrected chi connectivity index (χ1v) is 0.224. The molecule has 0 fully saturated rings. The van der Waals surface area contributed by atoms with E-state index < -0.39 is 0 Å². The molecule has 0 spiro atoms. The van der Waals surface area contributed by atoms with Crippen LogP contribution in [0.5, 0.6) is 0 Å². The van der Waals surface area contributed by atoms with Gasteiger partial charge in [-0.05, 0) is 0 Å². The quantitative estimate of drug-likeness (QED) is 0.458. The predicted molar refractivity (Wildman–Crippen MR) is 4.97 cm³/mol. The summed E-state index contributed by atoms with van der Waals surface area (Å²) in [6.45, 7) is 4.75. The normalized spacial score (nSPS) is 0.500. The van der Waals surface area contributed by atoms with E-state index in [1.807, 2.05) is 0 Å². The Morgan fingerprint density at radius 3 is 1.25 bits per heavy atom. The summed E-state index contributed by atoms with van der Waals surface area (Å²) < 4.78 is 0. The van der Waals surface area contributed by atoms with E-state index in [0.29, 0.717) is 0 Å². The van der Waals surface area contributed by atoms with Crippen molar-refractivity contribution in [3.63, 3.8) is 0 Å². The van der Waals surface area contributed by atoms with Crippen LogP contribution in [0.2, 0.25) is 0 Å². The van der Waals surface area contributed by atoms with Crippen LogP contribution in [0.1, 0.15) is 0 Å². The molecule has 14 valence electrons. The van der Waals surface area contributed by atoms with Gasteiger partial charge in [0, 0.05) is 47.1 Å². The summed E-state index contributed by atoms with van der Waals surface area (Å²) >= 11 is 0. The number of hydrogen-bond donors (Lipinski definition) is 0. The minimum atomic E-state index is 0. The average Bonchev–Trinajstić information content (AvgIpc) is 1.00. The van der Waals surface area contributed by atoms with Gasteiger partial charge in [-0.3, -0.25) is 0 Å². The zero-order valence-electron chi connectivity index (χ0n) is 2.36. The Morgan fingerprint density at radius 1 is 1.25 bits per heavy atom.